The number of rotatable bonds is 7. The van der Waals surface area contributed by atoms with Crippen molar-refractivity contribution in [2.24, 2.45) is 5.92 Å². The summed E-state index contributed by atoms with van der Waals surface area (Å²) in [7, 11) is 0. The molecular weight excluding hydrogens is 371 g/mol. The Kier molecular flexibility index (Phi) is 17.1. The Balaban J connectivity index is 0. The van der Waals surface area contributed by atoms with Gasteiger partial charge in [0.05, 0.1) is 0 Å². The summed E-state index contributed by atoms with van der Waals surface area (Å²) in [4.78, 5) is 16.8. The van der Waals surface area contributed by atoms with Crippen LogP contribution in [-0.4, -0.2) is 74.6 Å². The normalized spacial score (nSPS) is 19.5. The topological polar surface area (TPSA) is 47.6 Å². The van der Waals surface area contributed by atoms with Gasteiger partial charge in [0.15, 0.2) is 0 Å². The average Bonchev–Trinajstić information content (AvgIpc) is 2.54. The zero-order valence-electron chi connectivity index (χ0n) is 14.8. The van der Waals surface area contributed by atoms with Crippen molar-refractivity contribution in [3.63, 3.8) is 0 Å². The Morgan fingerprint density at radius 1 is 1.04 bits per heavy atom. The first-order valence-corrected chi connectivity index (χ1v) is 8.70. The smallest absolute Gasteiger partial charge is 0.220 e. The van der Waals surface area contributed by atoms with Crippen molar-refractivity contribution in [3.05, 3.63) is 0 Å². The quantitative estimate of drug-likeness (QED) is 0.678. The minimum absolute atomic E-state index is 0. The van der Waals surface area contributed by atoms with Gasteiger partial charge in [0.2, 0.25) is 5.91 Å². The lowest BCUT2D eigenvalue weighted by molar-refractivity contribution is -0.121. The first-order valence-electron chi connectivity index (χ1n) is 8.70. The van der Waals surface area contributed by atoms with E-state index in [-0.39, 0.29) is 43.1 Å². The maximum absolute atomic E-state index is 11.9. The van der Waals surface area contributed by atoms with Gasteiger partial charge in [-0.05, 0) is 44.8 Å². The van der Waals surface area contributed by atoms with Crippen LogP contribution in [0.15, 0.2) is 0 Å². The molecule has 0 aliphatic carbocycles. The molecule has 0 atom stereocenters. The SMILES string of the molecule is CCN1CCN(CCNC(=O)CCC2CCNCC2)CC1.Cl.Cl.Cl. The van der Waals surface area contributed by atoms with Crippen LogP contribution in [0.2, 0.25) is 0 Å². The number of nitrogens with one attached hydrogen (secondary N) is 2. The lowest BCUT2D eigenvalue weighted by Crippen LogP contribution is -2.48. The zero-order valence-corrected chi connectivity index (χ0v) is 17.2. The summed E-state index contributed by atoms with van der Waals surface area (Å²) >= 11 is 0. The van der Waals surface area contributed by atoms with Crippen LogP contribution >= 0.6 is 37.2 Å². The van der Waals surface area contributed by atoms with Gasteiger partial charge in [-0.15, -0.1) is 37.2 Å². The first-order chi connectivity index (χ1) is 10.3. The van der Waals surface area contributed by atoms with Crippen LogP contribution in [0.4, 0.5) is 0 Å². The van der Waals surface area contributed by atoms with Gasteiger partial charge in [-0.25, -0.2) is 0 Å². The second-order valence-electron chi connectivity index (χ2n) is 6.36. The molecule has 2 saturated heterocycles. The minimum Gasteiger partial charge on any atom is -0.355 e. The van der Waals surface area contributed by atoms with Crippen LogP contribution in [-0.2, 0) is 4.79 Å². The second kappa shape index (κ2) is 15.5. The molecule has 5 nitrogen and oxygen atoms in total. The van der Waals surface area contributed by atoms with Crippen LogP contribution in [0.1, 0.15) is 32.6 Å². The number of nitrogens with zero attached hydrogens (tertiary/aromatic N) is 2. The third-order valence-electron chi connectivity index (χ3n) is 4.90. The Morgan fingerprint density at radius 2 is 1.62 bits per heavy atom. The Hall–Kier alpha value is 0.220. The van der Waals surface area contributed by atoms with E-state index >= 15 is 0 Å². The third-order valence-corrected chi connectivity index (χ3v) is 4.90. The molecule has 0 radical (unpaired) electrons. The van der Waals surface area contributed by atoms with E-state index in [0.29, 0.717) is 6.42 Å². The van der Waals surface area contributed by atoms with Gasteiger partial charge >= 0.3 is 0 Å². The monoisotopic (exact) mass is 404 g/mol. The molecule has 0 aromatic heterocycles. The van der Waals surface area contributed by atoms with Gasteiger partial charge < -0.3 is 15.5 Å². The summed E-state index contributed by atoms with van der Waals surface area (Å²) < 4.78 is 0. The molecule has 146 valence electrons. The number of likely N-dealkylation sites (N-methyl/N-ethyl adjacent to an activating group) is 1. The molecule has 2 N–H and O–H groups in total. The predicted octanol–water partition coefficient (Wildman–Crippen LogP) is 1.79. The number of piperazine rings is 1. The summed E-state index contributed by atoms with van der Waals surface area (Å²) in [6.45, 7) is 12.0. The molecule has 8 heteroatoms. The third kappa shape index (κ3) is 10.3. The van der Waals surface area contributed by atoms with Crippen molar-refractivity contribution in [2.45, 2.75) is 32.6 Å². The van der Waals surface area contributed by atoms with Gasteiger partial charge in [0.1, 0.15) is 0 Å². The van der Waals surface area contributed by atoms with Gasteiger partial charge in [-0.2, -0.15) is 0 Å². The highest BCUT2D eigenvalue weighted by atomic mass is 35.5. The fourth-order valence-electron chi connectivity index (χ4n) is 3.28. The fraction of sp³-hybridized carbons (Fsp3) is 0.938. The molecule has 2 aliphatic heterocycles. The minimum atomic E-state index is 0. The van der Waals surface area contributed by atoms with Crippen molar-refractivity contribution in [3.8, 4) is 0 Å². The van der Waals surface area contributed by atoms with Crippen LogP contribution in [0.3, 0.4) is 0 Å². The van der Waals surface area contributed by atoms with Crippen LogP contribution in [0.25, 0.3) is 0 Å². The van der Waals surface area contributed by atoms with Crippen LogP contribution in [0.5, 0.6) is 0 Å². The highest BCUT2D eigenvalue weighted by molar-refractivity contribution is 5.86. The molecule has 0 spiro atoms. The Bertz CT molecular complexity index is 310. The molecule has 0 aromatic rings. The summed E-state index contributed by atoms with van der Waals surface area (Å²) in [5.74, 6) is 0.986. The molecule has 0 aromatic carbocycles. The lowest BCUT2D eigenvalue weighted by atomic mass is 9.93. The Morgan fingerprint density at radius 3 is 2.21 bits per heavy atom. The number of hydrogen-bond acceptors (Lipinski definition) is 4. The summed E-state index contributed by atoms with van der Waals surface area (Å²) in [5.41, 5.74) is 0. The number of carbonyl (C=O) groups is 1. The van der Waals surface area contributed by atoms with Gasteiger partial charge in [-0.1, -0.05) is 6.92 Å². The van der Waals surface area contributed by atoms with Gasteiger partial charge in [0.25, 0.3) is 0 Å². The van der Waals surface area contributed by atoms with Crippen LogP contribution in [0, 0.1) is 5.92 Å². The van der Waals surface area contributed by atoms with E-state index in [9.17, 15) is 4.79 Å². The Labute approximate surface area is 165 Å². The molecule has 2 aliphatic rings. The van der Waals surface area contributed by atoms with E-state index in [1.165, 1.54) is 25.9 Å². The average molecular weight is 406 g/mol. The van der Waals surface area contributed by atoms with E-state index in [0.717, 1.165) is 58.2 Å². The molecule has 0 saturated carbocycles. The molecule has 2 fully saturated rings. The van der Waals surface area contributed by atoms with E-state index in [1.807, 2.05) is 0 Å². The number of halogens is 3. The molecule has 24 heavy (non-hydrogen) atoms. The second-order valence-corrected chi connectivity index (χ2v) is 6.36. The molecular formula is C16H35Cl3N4O. The van der Waals surface area contributed by atoms with Crippen molar-refractivity contribution in [2.75, 3.05) is 58.9 Å². The number of hydrogen-bond donors (Lipinski definition) is 2. The van der Waals surface area contributed by atoms with Gasteiger partial charge in [0, 0.05) is 45.7 Å². The molecule has 2 rings (SSSR count). The largest absolute Gasteiger partial charge is 0.355 e. The molecule has 2 heterocycles. The molecule has 0 bridgehead atoms. The van der Waals surface area contributed by atoms with Crippen molar-refractivity contribution in [1.82, 2.24) is 20.4 Å². The standard InChI is InChI=1S/C16H32N4O.3ClH/c1-2-19-11-13-20(14-12-19)10-9-18-16(21)4-3-15-5-7-17-8-6-15;;;/h15,17H,2-14H2,1H3,(H,18,21);3*1H. The van der Waals surface area contributed by atoms with Crippen LogP contribution < -0.4 is 10.6 Å². The van der Waals surface area contributed by atoms with E-state index in [1.54, 1.807) is 0 Å². The maximum Gasteiger partial charge on any atom is 0.220 e. The molecule has 0 unspecified atom stereocenters. The van der Waals surface area contributed by atoms with Crippen molar-refractivity contribution >= 4 is 43.1 Å². The molecule has 1 amide bonds. The van der Waals surface area contributed by atoms with Crippen molar-refractivity contribution in [1.29, 1.82) is 0 Å². The summed E-state index contributed by atoms with van der Waals surface area (Å²) in [6.07, 6.45) is 4.22. The number of amides is 1. The first kappa shape index (κ1) is 26.4. The summed E-state index contributed by atoms with van der Waals surface area (Å²) in [6, 6.07) is 0. The lowest BCUT2D eigenvalue weighted by Gasteiger charge is -2.33. The fourth-order valence-corrected chi connectivity index (χ4v) is 3.28. The van der Waals surface area contributed by atoms with Gasteiger partial charge in [-0.3, -0.25) is 9.69 Å². The zero-order chi connectivity index (χ0) is 14.9. The predicted molar refractivity (Wildman–Crippen MR) is 108 cm³/mol. The highest BCUT2D eigenvalue weighted by Gasteiger charge is 2.16. The number of carbonyl (C=O) groups excluding carboxylic acids is 1. The van der Waals surface area contributed by atoms with E-state index in [4.69, 9.17) is 0 Å². The highest BCUT2D eigenvalue weighted by Crippen LogP contribution is 2.17. The summed E-state index contributed by atoms with van der Waals surface area (Å²) in [5, 5.41) is 6.46. The van der Waals surface area contributed by atoms with E-state index < -0.39 is 0 Å². The van der Waals surface area contributed by atoms with E-state index in [2.05, 4.69) is 27.4 Å². The maximum atomic E-state index is 11.9. The van der Waals surface area contributed by atoms with Crippen molar-refractivity contribution < 1.29 is 4.79 Å². The number of piperidine rings is 1.